The number of hydrogen-bond donors (Lipinski definition) is 0. The summed E-state index contributed by atoms with van der Waals surface area (Å²) in [6.45, 7) is 0.933. The zero-order valence-corrected chi connectivity index (χ0v) is 11.8. The Hall–Kier alpha value is -2.20. The van der Waals surface area contributed by atoms with E-state index in [9.17, 15) is 0 Å². The van der Waals surface area contributed by atoms with Gasteiger partial charge < -0.3 is 0 Å². The summed E-state index contributed by atoms with van der Waals surface area (Å²) < 4.78 is 6.12. The summed E-state index contributed by atoms with van der Waals surface area (Å²) in [7, 11) is 2.17. The quantitative estimate of drug-likeness (QED) is 0.399. The van der Waals surface area contributed by atoms with Crippen molar-refractivity contribution in [1.82, 2.24) is 9.55 Å². The molecule has 4 aromatic rings. The Morgan fingerprint density at radius 2 is 2.15 bits per heavy atom. The van der Waals surface area contributed by atoms with Crippen LogP contribution in [0.1, 0.15) is 5.56 Å². The van der Waals surface area contributed by atoms with Crippen molar-refractivity contribution in [1.29, 1.82) is 0 Å². The molecular formula is C16H12N3S+. The van der Waals surface area contributed by atoms with Crippen molar-refractivity contribution in [3.8, 4) is 11.4 Å². The molecule has 5 rings (SSSR count). The van der Waals surface area contributed by atoms with Crippen LogP contribution in [0.15, 0.2) is 42.7 Å². The summed E-state index contributed by atoms with van der Waals surface area (Å²) in [4.78, 5) is 5.61. The molecule has 0 aliphatic carbocycles. The van der Waals surface area contributed by atoms with E-state index in [4.69, 9.17) is 0 Å². The van der Waals surface area contributed by atoms with Crippen LogP contribution in [-0.2, 0) is 13.6 Å². The molecule has 3 aromatic heterocycles. The monoisotopic (exact) mass is 278 g/mol. The molecule has 96 valence electrons. The molecule has 0 N–H and O–H groups in total. The first-order valence-electron chi connectivity index (χ1n) is 6.67. The minimum atomic E-state index is 0.933. The lowest BCUT2D eigenvalue weighted by Crippen LogP contribution is -2.30. The van der Waals surface area contributed by atoms with Gasteiger partial charge >= 0.3 is 0 Å². The van der Waals surface area contributed by atoms with Gasteiger partial charge in [-0.1, -0.05) is 23.5 Å². The number of pyridine rings is 1. The average molecular weight is 278 g/mol. The number of aryl methyl sites for hydroxylation is 1. The molecule has 20 heavy (non-hydrogen) atoms. The van der Waals surface area contributed by atoms with E-state index in [1.165, 1.54) is 37.4 Å². The minimum Gasteiger partial charge on any atom is -0.264 e. The Morgan fingerprint density at radius 3 is 3.10 bits per heavy atom. The Bertz CT molecular complexity index is 994. The third kappa shape index (κ3) is 1.11. The molecule has 1 aliphatic rings. The predicted molar refractivity (Wildman–Crippen MR) is 80.8 cm³/mol. The SMILES string of the molecule is Cn1c2[n+](c3sc4ccccc4c31)Cc1cnccc1-2. The van der Waals surface area contributed by atoms with Gasteiger partial charge in [-0.2, -0.15) is 0 Å². The van der Waals surface area contributed by atoms with Crippen molar-refractivity contribution >= 4 is 31.8 Å². The van der Waals surface area contributed by atoms with E-state index >= 15 is 0 Å². The first kappa shape index (κ1) is 10.6. The number of aromatic nitrogens is 3. The predicted octanol–water partition coefficient (Wildman–Crippen LogP) is 3.10. The molecule has 4 heterocycles. The van der Waals surface area contributed by atoms with E-state index in [2.05, 4.69) is 51.5 Å². The van der Waals surface area contributed by atoms with Gasteiger partial charge in [-0.05, 0) is 18.2 Å². The van der Waals surface area contributed by atoms with Crippen LogP contribution in [0.3, 0.4) is 0 Å². The second-order valence-corrected chi connectivity index (χ2v) is 6.28. The second-order valence-electron chi connectivity index (χ2n) is 5.25. The minimum absolute atomic E-state index is 0.933. The van der Waals surface area contributed by atoms with Gasteiger partial charge in [0.25, 0.3) is 5.82 Å². The van der Waals surface area contributed by atoms with Gasteiger partial charge in [-0.25, -0.2) is 9.13 Å². The lowest BCUT2D eigenvalue weighted by molar-refractivity contribution is -0.644. The molecule has 0 saturated carbocycles. The lowest BCUT2D eigenvalue weighted by Gasteiger charge is -1.95. The highest BCUT2D eigenvalue weighted by Crippen LogP contribution is 2.37. The van der Waals surface area contributed by atoms with E-state index in [-0.39, 0.29) is 0 Å². The van der Waals surface area contributed by atoms with Gasteiger partial charge in [0.15, 0.2) is 5.52 Å². The first-order valence-corrected chi connectivity index (χ1v) is 7.49. The first-order chi connectivity index (χ1) is 9.84. The molecule has 1 aromatic carbocycles. The number of rotatable bonds is 0. The van der Waals surface area contributed by atoms with Gasteiger partial charge in [0.2, 0.25) is 4.83 Å². The van der Waals surface area contributed by atoms with Gasteiger partial charge in [0, 0.05) is 28.0 Å². The Labute approximate surface area is 119 Å². The molecule has 0 atom stereocenters. The fourth-order valence-corrected chi connectivity index (χ4v) is 4.56. The van der Waals surface area contributed by atoms with Crippen molar-refractivity contribution in [3.63, 3.8) is 0 Å². The summed E-state index contributed by atoms with van der Waals surface area (Å²) in [5.41, 5.74) is 3.98. The molecule has 3 nitrogen and oxygen atoms in total. The smallest absolute Gasteiger partial charge is 0.264 e. The number of fused-ring (bicyclic) bond motifs is 7. The lowest BCUT2D eigenvalue weighted by atomic mass is 10.2. The zero-order valence-electron chi connectivity index (χ0n) is 11.0. The van der Waals surface area contributed by atoms with Crippen molar-refractivity contribution in [3.05, 3.63) is 48.3 Å². The van der Waals surface area contributed by atoms with Crippen molar-refractivity contribution < 1.29 is 4.57 Å². The van der Waals surface area contributed by atoms with E-state index in [1.807, 2.05) is 23.7 Å². The maximum Gasteiger partial charge on any atom is 0.291 e. The topological polar surface area (TPSA) is 21.7 Å². The zero-order chi connectivity index (χ0) is 13.3. The maximum absolute atomic E-state index is 4.25. The van der Waals surface area contributed by atoms with Gasteiger partial charge in [-0.3, -0.25) is 4.98 Å². The molecular weight excluding hydrogens is 266 g/mol. The van der Waals surface area contributed by atoms with Crippen molar-refractivity contribution in [2.45, 2.75) is 6.54 Å². The van der Waals surface area contributed by atoms with Gasteiger partial charge in [-0.15, -0.1) is 0 Å². The highest BCUT2D eigenvalue weighted by molar-refractivity contribution is 7.25. The van der Waals surface area contributed by atoms with Crippen LogP contribution >= 0.6 is 11.3 Å². The van der Waals surface area contributed by atoms with Crippen LogP contribution in [0.5, 0.6) is 0 Å². The van der Waals surface area contributed by atoms with E-state index in [0.717, 1.165) is 6.54 Å². The Kier molecular flexibility index (Phi) is 1.83. The van der Waals surface area contributed by atoms with Gasteiger partial charge in [0.1, 0.15) is 6.54 Å². The van der Waals surface area contributed by atoms with Crippen molar-refractivity contribution in [2.24, 2.45) is 7.05 Å². The second kappa shape index (κ2) is 3.46. The number of hydrogen-bond acceptors (Lipinski definition) is 2. The molecule has 0 spiro atoms. The number of nitrogens with zero attached hydrogens (tertiary/aromatic N) is 3. The van der Waals surface area contributed by atoms with Crippen LogP contribution < -0.4 is 4.57 Å². The molecule has 4 heteroatoms. The highest BCUT2D eigenvalue weighted by atomic mass is 32.1. The largest absolute Gasteiger partial charge is 0.291 e. The molecule has 0 fully saturated rings. The molecule has 0 radical (unpaired) electrons. The summed E-state index contributed by atoms with van der Waals surface area (Å²) in [5, 5.41) is 1.35. The fourth-order valence-electron chi connectivity index (χ4n) is 3.32. The summed E-state index contributed by atoms with van der Waals surface area (Å²) in [6, 6.07) is 10.8. The third-order valence-electron chi connectivity index (χ3n) is 4.18. The number of imidazole rings is 1. The van der Waals surface area contributed by atoms with Crippen LogP contribution in [-0.4, -0.2) is 9.55 Å². The standard InChI is InChI=1S/C16H12N3S/c1-18-14-12-4-2-3-5-13(12)20-16(14)19-9-10-8-17-7-6-11(10)15(18)19/h2-8H,9H2,1H3/q+1. The molecule has 0 bridgehead atoms. The van der Waals surface area contributed by atoms with Crippen LogP contribution in [0.4, 0.5) is 0 Å². The molecule has 0 unspecified atom stereocenters. The summed E-state index contributed by atoms with van der Waals surface area (Å²) in [5.74, 6) is 1.30. The summed E-state index contributed by atoms with van der Waals surface area (Å²) >= 11 is 1.88. The normalized spacial score (nSPS) is 13.1. The average Bonchev–Trinajstić information content (AvgIpc) is 3.10. The number of thiophene rings is 1. The maximum atomic E-state index is 4.25. The van der Waals surface area contributed by atoms with E-state index in [1.54, 1.807) is 0 Å². The third-order valence-corrected chi connectivity index (χ3v) is 5.36. The van der Waals surface area contributed by atoms with Gasteiger partial charge in [0.05, 0.1) is 12.6 Å². The van der Waals surface area contributed by atoms with Crippen LogP contribution in [0.2, 0.25) is 0 Å². The van der Waals surface area contributed by atoms with Crippen LogP contribution in [0.25, 0.3) is 31.8 Å². The van der Waals surface area contributed by atoms with E-state index < -0.39 is 0 Å². The fraction of sp³-hybridized carbons (Fsp3) is 0.125. The highest BCUT2D eigenvalue weighted by Gasteiger charge is 2.34. The molecule has 0 saturated heterocycles. The summed E-state index contributed by atoms with van der Waals surface area (Å²) in [6.07, 6.45) is 3.87. The molecule has 1 aliphatic heterocycles. The van der Waals surface area contributed by atoms with E-state index in [0.29, 0.717) is 0 Å². The Balaban J connectivity index is 1.98. The number of benzene rings is 1. The molecule has 0 amide bonds. The Morgan fingerprint density at radius 1 is 1.25 bits per heavy atom. The van der Waals surface area contributed by atoms with Crippen molar-refractivity contribution in [2.75, 3.05) is 0 Å². The van der Waals surface area contributed by atoms with Crippen LogP contribution in [0, 0.1) is 0 Å².